The van der Waals surface area contributed by atoms with Gasteiger partial charge in [-0.15, -0.1) is 0 Å². The normalized spacial score (nSPS) is 16.8. The number of hydrogen-bond acceptors (Lipinski definition) is 9. The van der Waals surface area contributed by atoms with Crippen LogP contribution in [0.3, 0.4) is 0 Å². The maximum Gasteiger partial charge on any atom is 0.258 e. The van der Waals surface area contributed by atoms with Crippen molar-refractivity contribution in [1.29, 1.82) is 0 Å². The Morgan fingerprint density at radius 1 is 1.05 bits per heavy atom. The Labute approximate surface area is 253 Å². The number of benzene rings is 2. The van der Waals surface area contributed by atoms with E-state index in [1.165, 1.54) is 12.3 Å². The fraction of sp³-hybridized carbons (Fsp3) is 0.367. The highest BCUT2D eigenvalue weighted by molar-refractivity contribution is 7.90. The number of nitrogens with zero attached hydrogens (tertiary/aromatic N) is 4. The summed E-state index contributed by atoms with van der Waals surface area (Å²) in [5.41, 5.74) is 2.71. The summed E-state index contributed by atoms with van der Waals surface area (Å²) in [4.78, 5) is 22.0. The molecule has 0 aliphatic carbocycles. The molecule has 2 aliphatic rings. The molecule has 0 atom stereocenters. The number of sulfone groups is 1. The second-order valence-corrected chi connectivity index (χ2v) is 13.2. The van der Waals surface area contributed by atoms with Gasteiger partial charge in [0.15, 0.2) is 15.5 Å². The number of piperazine rings is 1. The van der Waals surface area contributed by atoms with Crippen LogP contribution >= 0.6 is 0 Å². The lowest BCUT2D eigenvalue weighted by atomic mass is 10.1. The van der Waals surface area contributed by atoms with E-state index in [-0.39, 0.29) is 29.0 Å². The molecule has 2 saturated heterocycles. The van der Waals surface area contributed by atoms with Crippen LogP contribution in [0.5, 0.6) is 0 Å². The van der Waals surface area contributed by atoms with Crippen LogP contribution in [0.1, 0.15) is 28.8 Å². The first-order valence-electron chi connectivity index (χ1n) is 14.4. The van der Waals surface area contributed by atoms with Gasteiger partial charge in [-0.1, -0.05) is 0 Å². The number of rotatable bonds is 8. The highest BCUT2D eigenvalue weighted by Gasteiger charge is 2.23. The molecule has 0 spiro atoms. The summed E-state index contributed by atoms with van der Waals surface area (Å²) in [5, 5.41) is 13.7. The molecule has 232 valence electrons. The molecule has 3 N–H and O–H groups in total. The van der Waals surface area contributed by atoms with Gasteiger partial charge in [-0.25, -0.2) is 22.2 Å². The number of aromatic amines is 1. The smallest absolute Gasteiger partial charge is 0.258 e. The first-order valence-corrected chi connectivity index (χ1v) is 16.0. The van der Waals surface area contributed by atoms with Gasteiger partial charge in [0.2, 0.25) is 0 Å². The van der Waals surface area contributed by atoms with E-state index in [1.54, 1.807) is 6.07 Å². The number of likely N-dealkylation sites (N-methyl/N-ethyl adjacent to an activating group) is 1. The fourth-order valence-corrected chi connectivity index (χ4v) is 6.83. The second-order valence-electron chi connectivity index (χ2n) is 11.2. The van der Waals surface area contributed by atoms with Gasteiger partial charge in [-0.05, 0) is 61.9 Å². The topological polar surface area (TPSA) is 133 Å². The zero-order valence-electron chi connectivity index (χ0n) is 24.1. The number of H-pyrrole nitrogens is 1. The van der Waals surface area contributed by atoms with Crippen molar-refractivity contribution in [2.75, 3.05) is 62.0 Å². The van der Waals surface area contributed by atoms with Crippen LogP contribution < -0.4 is 15.5 Å². The van der Waals surface area contributed by atoms with E-state index < -0.39 is 32.1 Å². The minimum Gasteiger partial charge on any atom is -0.381 e. The van der Waals surface area contributed by atoms with Crippen LogP contribution in [0, 0.1) is 11.6 Å². The number of carbonyl (C=O) groups excluding carboxylic acids is 1. The van der Waals surface area contributed by atoms with Gasteiger partial charge in [0, 0.05) is 69.1 Å². The number of nitrogens with one attached hydrogen (secondary N) is 3. The van der Waals surface area contributed by atoms with Gasteiger partial charge >= 0.3 is 0 Å². The predicted molar refractivity (Wildman–Crippen MR) is 163 cm³/mol. The summed E-state index contributed by atoms with van der Waals surface area (Å²) in [6.07, 6.45) is 2.98. The third-order valence-electron chi connectivity index (χ3n) is 7.95. The molecule has 0 saturated carbocycles. The first kappa shape index (κ1) is 29.9. The molecule has 0 bridgehead atoms. The highest BCUT2D eigenvalue weighted by Crippen LogP contribution is 2.29. The van der Waals surface area contributed by atoms with Crippen LogP contribution in [0.4, 0.5) is 26.0 Å². The zero-order valence-corrected chi connectivity index (χ0v) is 25.0. The average Bonchev–Trinajstić information content (AvgIpc) is 3.39. The summed E-state index contributed by atoms with van der Waals surface area (Å²) < 4.78 is 58.7. The molecule has 2 aliphatic heterocycles. The molecule has 14 heteroatoms. The Balaban J connectivity index is 1.25. The largest absolute Gasteiger partial charge is 0.381 e. The van der Waals surface area contributed by atoms with Crippen molar-refractivity contribution in [3.8, 4) is 0 Å². The van der Waals surface area contributed by atoms with Crippen LogP contribution in [0.2, 0.25) is 0 Å². The third kappa shape index (κ3) is 6.66. The Kier molecular flexibility index (Phi) is 8.47. The summed E-state index contributed by atoms with van der Waals surface area (Å²) in [7, 11) is -1.98. The third-order valence-corrected chi connectivity index (χ3v) is 9.62. The second kappa shape index (κ2) is 12.5. The molecule has 1 amide bonds. The summed E-state index contributed by atoms with van der Waals surface area (Å²) >= 11 is 0. The van der Waals surface area contributed by atoms with Gasteiger partial charge in [0.05, 0.1) is 21.6 Å². The number of aromatic nitrogens is 3. The quantitative estimate of drug-likeness (QED) is 0.268. The van der Waals surface area contributed by atoms with Crippen molar-refractivity contribution < 1.29 is 26.7 Å². The van der Waals surface area contributed by atoms with Crippen LogP contribution in [0.25, 0.3) is 11.0 Å². The van der Waals surface area contributed by atoms with Gasteiger partial charge in [-0.3, -0.25) is 9.89 Å². The molecular formula is C30H33F2N7O4S. The molecule has 2 fully saturated rings. The van der Waals surface area contributed by atoms with Gasteiger partial charge < -0.3 is 25.2 Å². The number of hydrogen-bond donors (Lipinski definition) is 3. The zero-order chi connectivity index (χ0) is 30.8. The van der Waals surface area contributed by atoms with Gasteiger partial charge in [-0.2, -0.15) is 5.10 Å². The van der Waals surface area contributed by atoms with Crippen LogP contribution in [0.15, 0.2) is 53.6 Å². The molecule has 4 heterocycles. The summed E-state index contributed by atoms with van der Waals surface area (Å²) in [6.45, 7) is 4.98. The van der Waals surface area contributed by atoms with Crippen molar-refractivity contribution in [3.05, 3.63) is 71.4 Å². The minimum absolute atomic E-state index is 0.159. The van der Waals surface area contributed by atoms with Gasteiger partial charge in [0.1, 0.15) is 17.5 Å². The number of amides is 1. The van der Waals surface area contributed by atoms with E-state index in [0.29, 0.717) is 35.9 Å². The van der Waals surface area contributed by atoms with Crippen LogP contribution in [-0.2, 0) is 20.3 Å². The number of halogens is 2. The van der Waals surface area contributed by atoms with Gasteiger partial charge in [0.25, 0.3) is 5.91 Å². The standard InChI is InChI=1S/C30H33F2N7O4S/c1-38-6-8-39(9-7-38)23-2-3-25(27(16-23)34-22-4-10-43-11-5-22)30(40)35-29-26-12-19(17-33-28(26)36-37-29)18-44(41,42)24-14-20(31)13-21(32)15-24/h2-3,12-17,22,34H,4-11,18H2,1H3,(H2,33,35,36,37,40). The lowest BCUT2D eigenvalue weighted by Crippen LogP contribution is -2.44. The molecule has 2 aromatic heterocycles. The van der Waals surface area contributed by atoms with E-state index in [9.17, 15) is 22.0 Å². The van der Waals surface area contributed by atoms with Crippen LogP contribution in [-0.4, -0.2) is 86.9 Å². The monoisotopic (exact) mass is 625 g/mol. The fourth-order valence-electron chi connectivity index (χ4n) is 5.48. The van der Waals surface area contributed by atoms with Crippen molar-refractivity contribution in [1.82, 2.24) is 20.1 Å². The van der Waals surface area contributed by atoms with E-state index in [0.717, 1.165) is 56.8 Å². The number of ether oxygens (including phenoxy) is 1. The molecule has 44 heavy (non-hydrogen) atoms. The van der Waals surface area contributed by atoms with E-state index in [1.807, 2.05) is 12.1 Å². The van der Waals surface area contributed by atoms with E-state index in [4.69, 9.17) is 4.74 Å². The first-order chi connectivity index (χ1) is 21.1. The molecule has 6 rings (SSSR count). The van der Waals surface area contributed by atoms with Crippen molar-refractivity contribution in [2.24, 2.45) is 0 Å². The van der Waals surface area contributed by atoms with E-state index >= 15 is 0 Å². The Hall–Kier alpha value is -4.14. The maximum absolute atomic E-state index is 13.7. The summed E-state index contributed by atoms with van der Waals surface area (Å²) in [6, 6.07) is 9.61. The molecule has 4 aromatic rings. The summed E-state index contributed by atoms with van der Waals surface area (Å²) in [5.74, 6) is -2.67. The molecule has 2 aromatic carbocycles. The maximum atomic E-state index is 13.7. The highest BCUT2D eigenvalue weighted by atomic mass is 32.2. The number of fused-ring (bicyclic) bond motifs is 1. The predicted octanol–water partition coefficient (Wildman–Crippen LogP) is 3.81. The van der Waals surface area contributed by atoms with Crippen molar-refractivity contribution >= 4 is 44.0 Å². The van der Waals surface area contributed by atoms with Crippen molar-refractivity contribution in [3.63, 3.8) is 0 Å². The lowest BCUT2D eigenvalue weighted by molar-refractivity contribution is 0.0904. The SMILES string of the molecule is CN1CCN(c2ccc(C(=O)Nc3[nH]nc4ncc(CS(=O)(=O)c5cc(F)cc(F)c5)cc34)c(NC3CCOCC3)c2)CC1. The molecule has 0 radical (unpaired) electrons. The van der Waals surface area contributed by atoms with E-state index in [2.05, 4.69) is 42.7 Å². The lowest BCUT2D eigenvalue weighted by Gasteiger charge is -2.34. The molecule has 11 nitrogen and oxygen atoms in total. The molecule has 0 unspecified atom stereocenters. The Morgan fingerprint density at radius 2 is 1.77 bits per heavy atom. The Morgan fingerprint density at radius 3 is 2.50 bits per heavy atom. The average molecular weight is 626 g/mol. The van der Waals surface area contributed by atoms with Crippen molar-refractivity contribution in [2.45, 2.75) is 29.5 Å². The minimum atomic E-state index is -4.09. The number of pyridine rings is 1. The number of carbonyl (C=O) groups is 1. The Bertz CT molecular complexity index is 1770. The molecular weight excluding hydrogens is 592 g/mol. The number of anilines is 3.